The molecule has 8 heteroatoms. The number of thioether (sulfide) groups is 1. The lowest BCUT2D eigenvalue weighted by Gasteiger charge is -2.20. The highest BCUT2D eigenvalue weighted by atomic mass is 32.2. The summed E-state index contributed by atoms with van der Waals surface area (Å²) in [6, 6.07) is 14.2. The van der Waals surface area contributed by atoms with Gasteiger partial charge >= 0.3 is 0 Å². The van der Waals surface area contributed by atoms with Crippen molar-refractivity contribution in [2.75, 3.05) is 0 Å². The molecule has 0 bridgehead atoms. The zero-order valence-corrected chi connectivity index (χ0v) is 14.6. The molecule has 4 rings (SSSR count). The molecule has 0 radical (unpaired) electrons. The van der Waals surface area contributed by atoms with Crippen LogP contribution in [0.3, 0.4) is 0 Å². The molecule has 1 aliphatic rings. The Morgan fingerprint density at radius 3 is 2.73 bits per heavy atom. The number of non-ortho nitro benzene ring substituents is 1. The number of nitrogens with zero attached hydrogens (tertiary/aromatic N) is 4. The second kappa shape index (κ2) is 6.38. The molecular formula is C18H14N4O3S. The summed E-state index contributed by atoms with van der Waals surface area (Å²) in [5.74, 6) is 0.335. The Morgan fingerprint density at radius 2 is 2.00 bits per heavy atom. The first-order valence-electron chi connectivity index (χ1n) is 7.99. The van der Waals surface area contributed by atoms with Crippen molar-refractivity contribution in [3.8, 4) is 11.4 Å². The Bertz CT molecular complexity index is 1010. The van der Waals surface area contributed by atoms with Crippen LogP contribution in [0.25, 0.3) is 11.4 Å². The van der Waals surface area contributed by atoms with Crippen molar-refractivity contribution in [1.29, 1.82) is 0 Å². The number of carbonyl (C=O) groups excluding carboxylic acids is 1. The monoisotopic (exact) mass is 366 g/mol. The topological polar surface area (TPSA) is 90.9 Å². The van der Waals surface area contributed by atoms with Crippen LogP contribution in [-0.2, 0) is 0 Å². The summed E-state index contributed by atoms with van der Waals surface area (Å²) in [7, 11) is 0. The summed E-state index contributed by atoms with van der Waals surface area (Å²) < 4.78 is 1.33. The molecule has 0 saturated carbocycles. The summed E-state index contributed by atoms with van der Waals surface area (Å²) in [6.45, 7) is 2.00. The molecule has 0 spiro atoms. The van der Waals surface area contributed by atoms with Crippen LogP contribution in [0.1, 0.15) is 27.6 Å². The summed E-state index contributed by atoms with van der Waals surface area (Å²) in [5, 5.41) is 15.6. The first-order chi connectivity index (χ1) is 12.5. The van der Waals surface area contributed by atoms with Gasteiger partial charge in [0, 0.05) is 29.4 Å². The maximum Gasteiger partial charge on any atom is 0.269 e. The Hall–Kier alpha value is -3.00. The predicted octanol–water partition coefficient (Wildman–Crippen LogP) is 4.04. The van der Waals surface area contributed by atoms with Crippen molar-refractivity contribution in [2.45, 2.75) is 23.8 Å². The minimum atomic E-state index is -0.434. The van der Waals surface area contributed by atoms with Gasteiger partial charge in [0.1, 0.15) is 0 Å². The minimum Gasteiger partial charge on any atom is -0.272 e. The zero-order valence-electron chi connectivity index (χ0n) is 13.8. The molecule has 1 aromatic heterocycles. The number of carbonyl (C=O) groups is 1. The van der Waals surface area contributed by atoms with Gasteiger partial charge in [-0.05, 0) is 12.5 Å². The highest BCUT2D eigenvalue weighted by molar-refractivity contribution is 7.99. The lowest BCUT2D eigenvalue weighted by atomic mass is 10.1. The van der Waals surface area contributed by atoms with Crippen LogP contribution in [0, 0.1) is 17.0 Å². The SMILES string of the molecule is Cc1ccc(-c2nc3n(n2)C(=O)CC(c2cccc([N+](=O)[O-])c2)S3)cc1. The van der Waals surface area contributed by atoms with Gasteiger partial charge in [-0.3, -0.25) is 14.9 Å². The van der Waals surface area contributed by atoms with Gasteiger partial charge in [-0.15, -0.1) is 5.10 Å². The maximum absolute atomic E-state index is 12.5. The van der Waals surface area contributed by atoms with Gasteiger partial charge in [-0.1, -0.05) is 53.7 Å². The first kappa shape index (κ1) is 16.5. The van der Waals surface area contributed by atoms with Crippen LogP contribution >= 0.6 is 11.8 Å². The molecule has 130 valence electrons. The normalized spacial score (nSPS) is 16.3. The second-order valence-electron chi connectivity index (χ2n) is 6.05. The molecular weight excluding hydrogens is 352 g/mol. The summed E-state index contributed by atoms with van der Waals surface area (Å²) >= 11 is 1.40. The summed E-state index contributed by atoms with van der Waals surface area (Å²) in [4.78, 5) is 27.5. The molecule has 0 N–H and O–H groups in total. The van der Waals surface area contributed by atoms with Crippen molar-refractivity contribution >= 4 is 23.4 Å². The Morgan fingerprint density at radius 1 is 1.23 bits per heavy atom. The largest absolute Gasteiger partial charge is 0.272 e. The Balaban J connectivity index is 1.66. The van der Waals surface area contributed by atoms with Gasteiger partial charge in [0.15, 0.2) is 11.0 Å². The van der Waals surface area contributed by atoms with Crippen LogP contribution in [0.4, 0.5) is 5.69 Å². The molecule has 26 heavy (non-hydrogen) atoms. The van der Waals surface area contributed by atoms with Gasteiger partial charge in [-0.2, -0.15) is 4.68 Å². The standard InChI is InChI=1S/C18H14N4O3S/c1-11-5-7-12(8-6-11)17-19-18-21(20-17)16(23)10-15(26-18)13-3-2-4-14(9-13)22(24)25/h2-9,15H,10H2,1H3. The number of nitro groups is 1. The molecule has 1 unspecified atom stereocenters. The third kappa shape index (κ3) is 2.99. The van der Waals surface area contributed by atoms with Crippen LogP contribution < -0.4 is 0 Å². The van der Waals surface area contributed by atoms with Crippen LogP contribution in [-0.4, -0.2) is 25.6 Å². The molecule has 2 aromatic carbocycles. The average Bonchev–Trinajstić information content (AvgIpc) is 3.07. The van der Waals surface area contributed by atoms with Gasteiger partial charge < -0.3 is 0 Å². The lowest BCUT2D eigenvalue weighted by molar-refractivity contribution is -0.384. The van der Waals surface area contributed by atoms with E-state index in [0.717, 1.165) is 16.7 Å². The number of hydrogen-bond donors (Lipinski definition) is 0. The van der Waals surface area contributed by atoms with Gasteiger partial charge in [0.25, 0.3) is 11.6 Å². The first-order valence-corrected chi connectivity index (χ1v) is 8.87. The molecule has 3 aromatic rings. The third-order valence-corrected chi connectivity index (χ3v) is 5.38. The van der Waals surface area contributed by atoms with E-state index in [1.165, 1.54) is 28.6 Å². The lowest BCUT2D eigenvalue weighted by Crippen LogP contribution is -2.21. The Labute approximate surface area is 153 Å². The van der Waals surface area contributed by atoms with E-state index in [4.69, 9.17) is 0 Å². The predicted molar refractivity (Wildman–Crippen MR) is 97.1 cm³/mol. The third-order valence-electron chi connectivity index (χ3n) is 4.18. The fourth-order valence-electron chi connectivity index (χ4n) is 2.80. The second-order valence-corrected chi connectivity index (χ2v) is 7.22. The summed E-state index contributed by atoms with van der Waals surface area (Å²) in [6.07, 6.45) is 0.218. The molecule has 2 heterocycles. The number of hydrogen-bond acceptors (Lipinski definition) is 6. The molecule has 1 aliphatic heterocycles. The van der Waals surface area contributed by atoms with E-state index in [9.17, 15) is 14.9 Å². The van der Waals surface area contributed by atoms with E-state index in [0.29, 0.717) is 11.0 Å². The Kier molecular flexibility index (Phi) is 4.04. The minimum absolute atomic E-state index is 0.0166. The van der Waals surface area contributed by atoms with E-state index in [-0.39, 0.29) is 23.3 Å². The molecule has 0 saturated heterocycles. The van der Waals surface area contributed by atoms with Crippen LogP contribution in [0.2, 0.25) is 0 Å². The van der Waals surface area contributed by atoms with Crippen LogP contribution in [0.15, 0.2) is 53.7 Å². The number of aryl methyl sites for hydroxylation is 1. The van der Waals surface area contributed by atoms with Crippen molar-refractivity contribution in [2.24, 2.45) is 0 Å². The van der Waals surface area contributed by atoms with Crippen molar-refractivity contribution in [1.82, 2.24) is 14.8 Å². The number of benzene rings is 2. The van der Waals surface area contributed by atoms with Gasteiger partial charge in [0.05, 0.1) is 4.92 Å². The maximum atomic E-state index is 12.5. The number of rotatable bonds is 3. The molecule has 1 atom stereocenters. The number of fused-ring (bicyclic) bond motifs is 1. The average molecular weight is 366 g/mol. The molecule has 7 nitrogen and oxygen atoms in total. The van der Waals surface area contributed by atoms with Gasteiger partial charge in [-0.25, -0.2) is 4.98 Å². The highest BCUT2D eigenvalue weighted by Gasteiger charge is 2.30. The molecule has 0 amide bonds. The molecule has 0 aliphatic carbocycles. The van der Waals surface area contributed by atoms with E-state index < -0.39 is 4.92 Å². The fraction of sp³-hybridized carbons (Fsp3) is 0.167. The quantitative estimate of drug-likeness (QED) is 0.513. The van der Waals surface area contributed by atoms with E-state index >= 15 is 0 Å². The van der Waals surface area contributed by atoms with Crippen LogP contribution in [0.5, 0.6) is 0 Å². The summed E-state index contributed by atoms with van der Waals surface area (Å²) in [5.41, 5.74) is 2.73. The van der Waals surface area contributed by atoms with E-state index in [1.807, 2.05) is 31.2 Å². The van der Waals surface area contributed by atoms with Gasteiger partial charge in [0.2, 0.25) is 0 Å². The highest BCUT2D eigenvalue weighted by Crippen LogP contribution is 2.42. The van der Waals surface area contributed by atoms with Crippen molar-refractivity contribution < 1.29 is 9.72 Å². The fourth-order valence-corrected chi connectivity index (χ4v) is 3.94. The number of aromatic nitrogens is 3. The van der Waals surface area contributed by atoms with E-state index in [2.05, 4.69) is 10.1 Å². The number of nitro benzene ring substituents is 1. The smallest absolute Gasteiger partial charge is 0.269 e. The molecule has 0 fully saturated rings. The van der Waals surface area contributed by atoms with Crippen molar-refractivity contribution in [3.05, 3.63) is 69.8 Å². The van der Waals surface area contributed by atoms with E-state index in [1.54, 1.807) is 12.1 Å². The zero-order chi connectivity index (χ0) is 18.3. The van der Waals surface area contributed by atoms with Crippen molar-refractivity contribution in [3.63, 3.8) is 0 Å².